The van der Waals surface area contributed by atoms with Crippen LogP contribution in [0.25, 0.3) is 43.4 Å². The van der Waals surface area contributed by atoms with Crippen molar-refractivity contribution in [3.63, 3.8) is 0 Å². The zero-order valence-corrected chi connectivity index (χ0v) is 45.9. The van der Waals surface area contributed by atoms with Gasteiger partial charge in [0, 0.05) is 46.1 Å². The van der Waals surface area contributed by atoms with E-state index in [9.17, 15) is 43.8 Å². The molecule has 1 unspecified atom stereocenters. The van der Waals surface area contributed by atoms with E-state index in [0.717, 1.165) is 34.0 Å². The highest BCUT2D eigenvalue weighted by atomic mass is 32.1. The molecule has 7 aromatic heterocycles. The van der Waals surface area contributed by atoms with Crippen molar-refractivity contribution in [1.29, 1.82) is 0 Å². The summed E-state index contributed by atoms with van der Waals surface area (Å²) in [6.45, 7) is 1.06. The molecule has 29 heteroatoms. The van der Waals surface area contributed by atoms with E-state index >= 15 is 0 Å². The van der Waals surface area contributed by atoms with Crippen molar-refractivity contribution >= 4 is 120 Å². The maximum absolute atomic E-state index is 14.2. The molecule has 2 aliphatic rings. The lowest BCUT2D eigenvalue weighted by Gasteiger charge is -2.31. The van der Waals surface area contributed by atoms with Crippen LogP contribution in [0.2, 0.25) is 0 Å². The van der Waals surface area contributed by atoms with Gasteiger partial charge in [-0.3, -0.25) is 38.9 Å². The third-order valence-electron chi connectivity index (χ3n) is 12.4. The fraction of sp³-hybridized carbons (Fsp3) is 0.265. The van der Waals surface area contributed by atoms with Crippen LogP contribution in [0.3, 0.4) is 0 Å². The van der Waals surface area contributed by atoms with E-state index in [0.29, 0.717) is 76.5 Å². The molecule has 1 aromatic carbocycles. The van der Waals surface area contributed by atoms with Gasteiger partial charge < -0.3 is 41.5 Å². The molecule has 0 radical (unpaired) electrons. The van der Waals surface area contributed by atoms with Gasteiger partial charge in [0.15, 0.2) is 5.13 Å². The number of carbonyl (C=O) groups is 7. The Morgan fingerprint density at radius 1 is 0.731 bits per heavy atom. The number of aliphatic hydroxyl groups is 1. The summed E-state index contributed by atoms with van der Waals surface area (Å²) in [6.07, 6.45) is -0.654. The number of aromatic nitrogens is 7. The summed E-state index contributed by atoms with van der Waals surface area (Å²) in [6, 6.07) is 10.1. The molecule has 0 spiro atoms. The molecule has 5 atom stereocenters. The molecule has 400 valence electrons. The van der Waals surface area contributed by atoms with E-state index in [2.05, 4.69) is 46.9 Å². The molecule has 8 heterocycles. The molecule has 10 bridgehead atoms. The first kappa shape index (κ1) is 53.7. The van der Waals surface area contributed by atoms with Gasteiger partial charge in [0.05, 0.1) is 48.0 Å². The van der Waals surface area contributed by atoms with E-state index < -0.39 is 78.0 Å². The highest BCUT2D eigenvalue weighted by molar-refractivity contribution is 7.16. The summed E-state index contributed by atoms with van der Waals surface area (Å²) in [5.41, 5.74) is 2.41. The molecule has 1 fully saturated rings. The lowest BCUT2D eigenvalue weighted by molar-refractivity contribution is -0.151. The maximum atomic E-state index is 14.2. The molecular formula is C49H43N13O10S6. The van der Waals surface area contributed by atoms with E-state index in [1.54, 1.807) is 70.9 Å². The molecule has 78 heavy (non-hydrogen) atoms. The van der Waals surface area contributed by atoms with Crippen LogP contribution in [-0.2, 0) is 30.5 Å². The highest BCUT2D eigenvalue weighted by Gasteiger charge is 2.42. The van der Waals surface area contributed by atoms with Gasteiger partial charge in [-0.05, 0) is 37.5 Å². The second-order valence-corrected chi connectivity index (χ2v) is 23.3. The SMILES string of the molecule is CNC(=O)C[C@@H]1NC(=O)c2csc(n2)-c2ccc(-c3nc(NC(=O)C4CC[C@H]4C(=O)O)cs3)nc2-c2csc(n2)-c2csc(n2)[C@H]([C@@H](O)c2ccccc2)NC(=O)CNC(=O)c2nc(sc2COC)NC(=O)c2nc1sc2C. The monoisotopic (exact) mass is 1170 g/mol. The summed E-state index contributed by atoms with van der Waals surface area (Å²) in [4.78, 5) is 127. The first-order valence-electron chi connectivity index (χ1n) is 23.6. The molecule has 6 amide bonds. The fourth-order valence-corrected chi connectivity index (χ4v) is 13.5. The lowest BCUT2D eigenvalue weighted by atomic mass is 9.73. The standard InChI is InChI=1S/C49H43N13O10S6/c1-20-34-42(69)62-49-61-36(30(78-49)15-72-3)41(68)51-14-33(64)59-37(38(65)21-7-5-4-6-8-21)47-56-29(18-75-47)45-54-27(16-74-45)35-24(43-55-28(17-73-43)40(67)53-26(13-32(63)50-2)46(60-34)77-20)11-12-25(52-35)44-58-31(19-76-44)57-39(66)22-9-10-23(22)48(70)71/h4-8,11-12,16-19,22-23,26,37-38,65H,9-10,13-15H2,1-3H3,(H,50,63)(H,51,68)(H,53,67)(H,57,66)(H,59,64)(H,70,71)(H,61,62,69)/t22?,23-,26+,37+,38+/m1/s1. The molecule has 10 rings (SSSR count). The number of nitrogens with one attached hydrogen (secondary N) is 6. The number of carboxylic acids is 1. The van der Waals surface area contributed by atoms with Gasteiger partial charge in [-0.25, -0.2) is 34.9 Å². The van der Waals surface area contributed by atoms with E-state index in [1.807, 2.05) is 0 Å². The number of nitrogens with zero attached hydrogens (tertiary/aromatic N) is 7. The number of carbonyl (C=O) groups excluding carboxylic acids is 6. The second-order valence-electron chi connectivity index (χ2n) is 17.5. The van der Waals surface area contributed by atoms with Gasteiger partial charge in [-0.1, -0.05) is 41.7 Å². The van der Waals surface area contributed by atoms with Crippen molar-refractivity contribution < 1.29 is 48.5 Å². The number of hydrogen-bond acceptors (Lipinski definition) is 22. The summed E-state index contributed by atoms with van der Waals surface area (Å²) < 4.78 is 5.33. The Labute approximate surface area is 466 Å². The topological polar surface area (TPSA) is 332 Å². The Balaban J connectivity index is 1.03. The van der Waals surface area contributed by atoms with Crippen LogP contribution in [0.4, 0.5) is 10.9 Å². The van der Waals surface area contributed by atoms with Gasteiger partial charge in [0.1, 0.15) is 77.2 Å². The zero-order valence-electron chi connectivity index (χ0n) is 41.0. The molecular weight excluding hydrogens is 1120 g/mol. The number of amides is 6. The van der Waals surface area contributed by atoms with Crippen molar-refractivity contribution in [2.75, 3.05) is 31.3 Å². The van der Waals surface area contributed by atoms with Crippen LogP contribution < -0.4 is 31.9 Å². The third kappa shape index (κ3) is 11.5. The number of ether oxygens (including phenoxy) is 1. The van der Waals surface area contributed by atoms with Crippen molar-refractivity contribution in [2.45, 2.75) is 51.0 Å². The fourth-order valence-electron chi connectivity index (χ4n) is 8.31. The third-order valence-corrected chi connectivity index (χ3v) is 18.0. The number of anilines is 2. The lowest BCUT2D eigenvalue weighted by Crippen LogP contribution is -2.41. The van der Waals surface area contributed by atoms with Crippen LogP contribution in [0.15, 0.2) is 64.0 Å². The second kappa shape index (κ2) is 23.1. The van der Waals surface area contributed by atoms with Crippen molar-refractivity contribution in [3.05, 3.63) is 106 Å². The molecule has 0 saturated heterocycles. The van der Waals surface area contributed by atoms with Gasteiger partial charge in [-0.2, -0.15) is 0 Å². The Hall–Kier alpha value is -7.64. The summed E-state index contributed by atoms with van der Waals surface area (Å²) in [7, 11) is 2.88. The quantitative estimate of drug-likeness (QED) is 0.0725. The Bertz CT molecular complexity index is 3630. The van der Waals surface area contributed by atoms with Crippen LogP contribution in [-0.4, -0.2) is 107 Å². The number of methoxy groups -OCH3 is 1. The zero-order chi connectivity index (χ0) is 54.8. The molecule has 1 aliphatic carbocycles. The minimum Gasteiger partial charge on any atom is -0.481 e. The Morgan fingerprint density at radius 3 is 2.22 bits per heavy atom. The number of benzene rings is 1. The van der Waals surface area contributed by atoms with Crippen molar-refractivity contribution in [3.8, 4) is 43.4 Å². The van der Waals surface area contributed by atoms with Crippen LogP contribution in [0, 0.1) is 18.8 Å². The van der Waals surface area contributed by atoms with E-state index in [-0.39, 0.29) is 46.1 Å². The Kier molecular flexibility index (Phi) is 15.9. The first-order valence-corrected chi connectivity index (χ1v) is 28.8. The average Bonchev–Trinajstić information content (AvgIpc) is 4.31. The summed E-state index contributed by atoms with van der Waals surface area (Å²) in [5.74, 6) is -5.80. The smallest absolute Gasteiger partial charge is 0.307 e. The Morgan fingerprint density at radius 2 is 1.46 bits per heavy atom. The molecule has 1 aliphatic heterocycles. The molecule has 23 nitrogen and oxygen atoms in total. The average molecular weight is 1170 g/mol. The highest BCUT2D eigenvalue weighted by Crippen LogP contribution is 2.41. The van der Waals surface area contributed by atoms with E-state index in [1.165, 1.54) is 48.2 Å². The van der Waals surface area contributed by atoms with E-state index in [4.69, 9.17) is 24.7 Å². The summed E-state index contributed by atoms with van der Waals surface area (Å²) >= 11 is 6.86. The molecule has 8 aromatic rings. The van der Waals surface area contributed by atoms with Gasteiger partial charge in [-0.15, -0.1) is 56.7 Å². The largest absolute Gasteiger partial charge is 0.481 e. The minimum absolute atomic E-state index is 0.00650. The number of thiazole rings is 6. The summed E-state index contributed by atoms with van der Waals surface area (Å²) in [5, 5.41) is 46.2. The normalized spacial score (nSPS) is 18.2. The number of aliphatic carboxylic acids is 1. The van der Waals surface area contributed by atoms with Gasteiger partial charge in [0.2, 0.25) is 17.7 Å². The number of hydrogen-bond donors (Lipinski definition) is 8. The number of aliphatic hydroxyl groups excluding tert-OH is 1. The van der Waals surface area contributed by atoms with Gasteiger partial charge >= 0.3 is 5.97 Å². The number of aryl methyl sites for hydroxylation is 1. The molecule has 8 N–H and O–H groups in total. The van der Waals surface area contributed by atoms with Crippen LogP contribution in [0.1, 0.15) is 94.2 Å². The number of carboxylic acid groups (broad SMARTS) is 1. The predicted octanol–water partition coefficient (Wildman–Crippen LogP) is 6.49. The number of pyridine rings is 1. The van der Waals surface area contributed by atoms with Crippen LogP contribution >= 0.6 is 68.0 Å². The number of rotatable bonds is 10. The van der Waals surface area contributed by atoms with Crippen molar-refractivity contribution in [2.24, 2.45) is 11.8 Å². The predicted molar refractivity (Wildman–Crippen MR) is 292 cm³/mol. The van der Waals surface area contributed by atoms with Crippen LogP contribution in [0.5, 0.6) is 0 Å². The maximum Gasteiger partial charge on any atom is 0.307 e. The molecule has 1 saturated carbocycles. The van der Waals surface area contributed by atoms with Crippen molar-refractivity contribution in [1.82, 2.24) is 56.2 Å². The minimum atomic E-state index is -1.28. The number of fused-ring (bicyclic) bond motifs is 14. The first-order chi connectivity index (χ1) is 37.6. The van der Waals surface area contributed by atoms with Gasteiger partial charge in [0.25, 0.3) is 17.7 Å².